The molecule has 0 spiro atoms. The molecule has 0 saturated carbocycles. The normalized spacial score (nSPS) is 11.8. The topological polar surface area (TPSA) is 38.3 Å². The number of benzene rings is 2. The first-order valence-electron chi connectivity index (χ1n) is 8.25. The molecular formula is C20H25NO2S. The number of ether oxygens (including phenoxy) is 1. The van der Waals surface area contributed by atoms with Crippen molar-refractivity contribution in [3.05, 3.63) is 59.7 Å². The Morgan fingerprint density at radius 2 is 1.79 bits per heavy atom. The first-order chi connectivity index (χ1) is 11.6. The highest BCUT2D eigenvalue weighted by molar-refractivity contribution is 7.99. The van der Waals surface area contributed by atoms with Crippen LogP contribution in [0, 0.1) is 6.92 Å². The van der Waals surface area contributed by atoms with E-state index in [2.05, 4.69) is 43.4 Å². The van der Waals surface area contributed by atoms with Crippen molar-refractivity contribution in [2.45, 2.75) is 37.6 Å². The van der Waals surface area contributed by atoms with Crippen LogP contribution in [0.4, 0.5) is 0 Å². The van der Waals surface area contributed by atoms with E-state index in [1.165, 1.54) is 10.5 Å². The van der Waals surface area contributed by atoms with Gasteiger partial charge in [0, 0.05) is 17.1 Å². The molecule has 0 aliphatic heterocycles. The minimum atomic E-state index is 0.0489. The summed E-state index contributed by atoms with van der Waals surface area (Å²) in [6.45, 7) is 4.15. The minimum absolute atomic E-state index is 0.0489. The zero-order valence-corrected chi connectivity index (χ0v) is 15.4. The van der Waals surface area contributed by atoms with Crippen molar-refractivity contribution in [3.8, 4) is 5.75 Å². The number of amides is 1. The van der Waals surface area contributed by atoms with Crippen molar-refractivity contribution in [2.24, 2.45) is 0 Å². The molecule has 4 heteroatoms. The van der Waals surface area contributed by atoms with Crippen LogP contribution in [0.2, 0.25) is 0 Å². The summed E-state index contributed by atoms with van der Waals surface area (Å²) in [7, 11) is 1.65. The number of carbonyl (C=O) groups is 1. The van der Waals surface area contributed by atoms with E-state index in [-0.39, 0.29) is 11.9 Å². The Labute approximate surface area is 148 Å². The number of methoxy groups -OCH3 is 1. The fourth-order valence-electron chi connectivity index (χ4n) is 2.42. The van der Waals surface area contributed by atoms with Crippen LogP contribution < -0.4 is 10.1 Å². The average molecular weight is 343 g/mol. The largest absolute Gasteiger partial charge is 0.497 e. The summed E-state index contributed by atoms with van der Waals surface area (Å²) in [4.78, 5) is 13.4. The van der Waals surface area contributed by atoms with Crippen LogP contribution in [-0.4, -0.2) is 18.8 Å². The molecular weight excluding hydrogens is 318 g/mol. The summed E-state index contributed by atoms with van der Waals surface area (Å²) in [6.07, 6.45) is 1.38. The lowest BCUT2D eigenvalue weighted by atomic mass is 10.0. The molecule has 2 rings (SSSR count). The molecule has 0 radical (unpaired) electrons. The molecule has 1 atom stereocenters. The standard InChI is InChI=1S/C20H25NO2S/c1-4-19(16-7-9-17(23-3)10-8-16)21-20(22)13-14-24-18-11-5-15(2)6-12-18/h5-12,19H,4,13-14H2,1-3H3,(H,21,22)/t19-/m0/s1. The number of nitrogens with one attached hydrogen (secondary N) is 1. The van der Waals surface area contributed by atoms with E-state index in [0.29, 0.717) is 6.42 Å². The first-order valence-corrected chi connectivity index (χ1v) is 9.23. The van der Waals surface area contributed by atoms with Gasteiger partial charge < -0.3 is 10.1 Å². The highest BCUT2D eigenvalue weighted by Gasteiger charge is 2.12. The van der Waals surface area contributed by atoms with Gasteiger partial charge in [0.05, 0.1) is 13.2 Å². The minimum Gasteiger partial charge on any atom is -0.497 e. The van der Waals surface area contributed by atoms with Gasteiger partial charge in [0.2, 0.25) is 5.91 Å². The lowest BCUT2D eigenvalue weighted by molar-refractivity contribution is -0.121. The Balaban J connectivity index is 1.81. The van der Waals surface area contributed by atoms with Gasteiger partial charge in [-0.1, -0.05) is 36.8 Å². The SMILES string of the molecule is CC[C@H](NC(=O)CCSc1ccc(C)cc1)c1ccc(OC)cc1. The second-order valence-electron chi connectivity index (χ2n) is 5.71. The Morgan fingerprint density at radius 3 is 2.38 bits per heavy atom. The zero-order valence-electron chi connectivity index (χ0n) is 14.5. The lowest BCUT2D eigenvalue weighted by Crippen LogP contribution is -2.28. The monoisotopic (exact) mass is 343 g/mol. The fourth-order valence-corrected chi connectivity index (χ4v) is 3.27. The van der Waals surface area contributed by atoms with Gasteiger partial charge in [-0.15, -0.1) is 11.8 Å². The van der Waals surface area contributed by atoms with Crippen molar-refractivity contribution >= 4 is 17.7 Å². The second kappa shape index (κ2) is 9.38. The third kappa shape index (κ3) is 5.60. The van der Waals surface area contributed by atoms with Gasteiger partial charge in [0.25, 0.3) is 0 Å². The third-order valence-electron chi connectivity index (χ3n) is 3.88. The quantitative estimate of drug-likeness (QED) is 0.703. The Hall–Kier alpha value is -1.94. The predicted molar refractivity (Wildman–Crippen MR) is 101 cm³/mol. The molecule has 0 aromatic heterocycles. The molecule has 0 aliphatic carbocycles. The van der Waals surface area contributed by atoms with E-state index >= 15 is 0 Å². The summed E-state index contributed by atoms with van der Waals surface area (Å²) in [5.41, 5.74) is 2.36. The van der Waals surface area contributed by atoms with Crippen molar-refractivity contribution in [1.29, 1.82) is 0 Å². The van der Waals surface area contributed by atoms with Crippen molar-refractivity contribution in [2.75, 3.05) is 12.9 Å². The van der Waals surface area contributed by atoms with E-state index in [1.807, 2.05) is 24.3 Å². The third-order valence-corrected chi connectivity index (χ3v) is 4.89. The molecule has 2 aromatic carbocycles. The van der Waals surface area contributed by atoms with E-state index in [1.54, 1.807) is 18.9 Å². The van der Waals surface area contributed by atoms with Crippen LogP contribution in [-0.2, 0) is 4.79 Å². The summed E-state index contributed by atoms with van der Waals surface area (Å²) in [6, 6.07) is 16.3. The van der Waals surface area contributed by atoms with Crippen LogP contribution in [0.15, 0.2) is 53.4 Å². The van der Waals surface area contributed by atoms with Gasteiger partial charge in [-0.05, 0) is 43.2 Å². The molecule has 0 fully saturated rings. The predicted octanol–water partition coefficient (Wildman–Crippen LogP) is 4.75. The van der Waals surface area contributed by atoms with E-state index in [0.717, 1.165) is 23.5 Å². The molecule has 128 valence electrons. The Bertz CT molecular complexity index is 638. The number of carbonyl (C=O) groups excluding carboxylic acids is 1. The van der Waals surface area contributed by atoms with Crippen molar-refractivity contribution in [3.63, 3.8) is 0 Å². The molecule has 0 bridgehead atoms. The second-order valence-corrected chi connectivity index (χ2v) is 6.88. The maximum atomic E-state index is 12.2. The van der Waals surface area contributed by atoms with Crippen LogP contribution >= 0.6 is 11.8 Å². The molecule has 24 heavy (non-hydrogen) atoms. The molecule has 0 saturated heterocycles. The van der Waals surface area contributed by atoms with Crippen LogP contribution in [0.25, 0.3) is 0 Å². The van der Waals surface area contributed by atoms with Crippen molar-refractivity contribution < 1.29 is 9.53 Å². The number of rotatable bonds is 8. The number of thioether (sulfide) groups is 1. The summed E-state index contributed by atoms with van der Waals surface area (Å²) in [5.74, 6) is 1.71. The summed E-state index contributed by atoms with van der Waals surface area (Å²) >= 11 is 1.72. The Morgan fingerprint density at radius 1 is 1.12 bits per heavy atom. The van der Waals surface area contributed by atoms with Gasteiger partial charge in [-0.2, -0.15) is 0 Å². The highest BCUT2D eigenvalue weighted by atomic mass is 32.2. The number of hydrogen-bond donors (Lipinski definition) is 1. The number of aryl methyl sites for hydroxylation is 1. The lowest BCUT2D eigenvalue weighted by Gasteiger charge is -2.18. The van der Waals surface area contributed by atoms with Crippen LogP contribution in [0.3, 0.4) is 0 Å². The molecule has 1 amide bonds. The number of hydrogen-bond acceptors (Lipinski definition) is 3. The molecule has 0 unspecified atom stereocenters. The van der Waals surface area contributed by atoms with Gasteiger partial charge in [0.15, 0.2) is 0 Å². The highest BCUT2D eigenvalue weighted by Crippen LogP contribution is 2.21. The van der Waals surface area contributed by atoms with E-state index in [4.69, 9.17) is 4.74 Å². The first kappa shape index (κ1) is 18.4. The smallest absolute Gasteiger partial charge is 0.221 e. The molecule has 3 nitrogen and oxygen atoms in total. The van der Waals surface area contributed by atoms with Gasteiger partial charge >= 0.3 is 0 Å². The van der Waals surface area contributed by atoms with Gasteiger partial charge in [-0.3, -0.25) is 4.79 Å². The van der Waals surface area contributed by atoms with Gasteiger partial charge in [-0.25, -0.2) is 0 Å². The molecule has 0 heterocycles. The van der Waals surface area contributed by atoms with E-state index in [9.17, 15) is 4.79 Å². The van der Waals surface area contributed by atoms with E-state index < -0.39 is 0 Å². The zero-order chi connectivity index (χ0) is 17.4. The van der Waals surface area contributed by atoms with Crippen LogP contribution in [0.1, 0.15) is 36.9 Å². The molecule has 2 aromatic rings. The van der Waals surface area contributed by atoms with Crippen LogP contribution in [0.5, 0.6) is 5.75 Å². The maximum Gasteiger partial charge on any atom is 0.221 e. The van der Waals surface area contributed by atoms with Crippen molar-refractivity contribution in [1.82, 2.24) is 5.32 Å². The Kier molecular flexibility index (Phi) is 7.19. The maximum absolute atomic E-state index is 12.2. The summed E-state index contributed by atoms with van der Waals surface area (Å²) < 4.78 is 5.18. The van der Waals surface area contributed by atoms with Gasteiger partial charge in [0.1, 0.15) is 5.75 Å². The summed E-state index contributed by atoms with van der Waals surface area (Å²) in [5, 5.41) is 3.12. The average Bonchev–Trinajstić information content (AvgIpc) is 2.61. The molecule has 1 N–H and O–H groups in total. The molecule has 0 aliphatic rings. The fraction of sp³-hybridized carbons (Fsp3) is 0.350.